The predicted molar refractivity (Wildman–Crippen MR) is 80.1 cm³/mol. The number of hydrogen-bond donors (Lipinski definition) is 2. The number of imidazole rings is 1. The molecule has 0 saturated carbocycles. The van der Waals surface area contributed by atoms with Gasteiger partial charge < -0.3 is 19.7 Å². The number of nitrogens with one attached hydrogen (secondary N) is 2. The van der Waals surface area contributed by atoms with Crippen LogP contribution in [0.3, 0.4) is 0 Å². The molecule has 0 spiro atoms. The Bertz CT molecular complexity index is 660. The number of carbonyl (C=O) groups excluding carboxylic acids is 1. The molecule has 1 aliphatic rings. The van der Waals surface area contributed by atoms with Gasteiger partial charge in [0.1, 0.15) is 6.04 Å². The molecule has 0 fully saturated rings. The van der Waals surface area contributed by atoms with Gasteiger partial charge in [0.15, 0.2) is 5.76 Å². The summed E-state index contributed by atoms with van der Waals surface area (Å²) in [4.78, 5) is 21.7. The molecule has 3 heterocycles. The Labute approximate surface area is 129 Å². The van der Waals surface area contributed by atoms with E-state index in [0.29, 0.717) is 18.2 Å². The van der Waals surface area contributed by atoms with E-state index in [9.17, 15) is 4.79 Å². The normalized spacial score (nSPS) is 17.5. The van der Waals surface area contributed by atoms with E-state index in [1.165, 1.54) is 0 Å². The van der Waals surface area contributed by atoms with E-state index >= 15 is 0 Å². The second kappa shape index (κ2) is 5.92. The van der Waals surface area contributed by atoms with Gasteiger partial charge in [-0.25, -0.2) is 4.98 Å². The summed E-state index contributed by atoms with van der Waals surface area (Å²) in [6.07, 6.45) is 2.51. The molecule has 1 aliphatic heterocycles. The minimum Gasteiger partial charge on any atom is -0.359 e. The fourth-order valence-electron chi connectivity index (χ4n) is 2.63. The van der Waals surface area contributed by atoms with Crippen LogP contribution in [-0.2, 0) is 17.8 Å². The Morgan fingerprint density at radius 3 is 3.09 bits per heavy atom. The molecule has 118 valence electrons. The minimum absolute atomic E-state index is 0.0180. The zero-order valence-electron chi connectivity index (χ0n) is 13.1. The largest absolute Gasteiger partial charge is 0.359 e. The molecule has 1 atom stereocenters. The van der Waals surface area contributed by atoms with Gasteiger partial charge in [0.25, 0.3) is 0 Å². The summed E-state index contributed by atoms with van der Waals surface area (Å²) in [5.74, 6) is 0.985. The van der Waals surface area contributed by atoms with Gasteiger partial charge in [0, 0.05) is 31.8 Å². The summed E-state index contributed by atoms with van der Waals surface area (Å²) in [5.41, 5.74) is 2.73. The molecule has 0 unspecified atom stereocenters. The number of nitrogens with zero attached hydrogens (tertiary/aromatic N) is 3. The second-order valence-corrected chi connectivity index (χ2v) is 5.97. The summed E-state index contributed by atoms with van der Waals surface area (Å²) in [6.45, 7) is 5.28. The first-order valence-corrected chi connectivity index (χ1v) is 7.52. The molecule has 7 nitrogen and oxygen atoms in total. The molecule has 1 amide bonds. The highest BCUT2D eigenvalue weighted by molar-refractivity contribution is 5.83. The molecule has 0 aliphatic carbocycles. The van der Waals surface area contributed by atoms with Gasteiger partial charge in [0.2, 0.25) is 5.91 Å². The van der Waals surface area contributed by atoms with Crippen LogP contribution in [0.4, 0.5) is 0 Å². The Kier molecular flexibility index (Phi) is 3.98. The first-order valence-electron chi connectivity index (χ1n) is 7.52. The van der Waals surface area contributed by atoms with Gasteiger partial charge in [-0.1, -0.05) is 19.0 Å². The maximum atomic E-state index is 12.7. The number of hydrogen-bond acceptors (Lipinski definition) is 5. The molecule has 22 heavy (non-hydrogen) atoms. The van der Waals surface area contributed by atoms with Crippen LogP contribution in [0.2, 0.25) is 0 Å². The van der Waals surface area contributed by atoms with Crippen molar-refractivity contribution >= 4 is 5.91 Å². The third-order valence-electron chi connectivity index (χ3n) is 3.93. The van der Waals surface area contributed by atoms with E-state index in [-0.39, 0.29) is 5.91 Å². The third-order valence-corrected chi connectivity index (χ3v) is 3.93. The van der Waals surface area contributed by atoms with Crippen molar-refractivity contribution in [3.05, 3.63) is 35.2 Å². The summed E-state index contributed by atoms with van der Waals surface area (Å²) in [5, 5.41) is 7.25. The number of carbonyl (C=O) groups is 1. The number of amides is 1. The van der Waals surface area contributed by atoms with Crippen molar-refractivity contribution in [2.45, 2.75) is 38.8 Å². The molecule has 2 aromatic heterocycles. The van der Waals surface area contributed by atoms with E-state index in [0.717, 1.165) is 30.0 Å². The second-order valence-electron chi connectivity index (χ2n) is 5.97. The lowest BCUT2D eigenvalue weighted by molar-refractivity contribution is -0.133. The zero-order valence-corrected chi connectivity index (χ0v) is 13.1. The lowest BCUT2D eigenvalue weighted by Gasteiger charge is -2.26. The maximum absolute atomic E-state index is 12.7. The third kappa shape index (κ3) is 2.76. The van der Waals surface area contributed by atoms with Gasteiger partial charge in [-0.2, -0.15) is 0 Å². The van der Waals surface area contributed by atoms with Gasteiger partial charge in [-0.05, 0) is 5.92 Å². The first kappa shape index (κ1) is 14.8. The number of aromatic nitrogens is 3. The van der Waals surface area contributed by atoms with E-state index < -0.39 is 6.04 Å². The van der Waals surface area contributed by atoms with Crippen LogP contribution in [-0.4, -0.2) is 39.5 Å². The molecule has 2 N–H and O–H groups in total. The highest BCUT2D eigenvalue weighted by atomic mass is 16.5. The van der Waals surface area contributed by atoms with Crippen LogP contribution < -0.4 is 5.32 Å². The molecule has 3 rings (SSSR count). The molecule has 0 saturated heterocycles. The quantitative estimate of drug-likeness (QED) is 0.890. The molecule has 7 heteroatoms. The average molecular weight is 303 g/mol. The maximum Gasteiger partial charge on any atom is 0.246 e. The van der Waals surface area contributed by atoms with Crippen LogP contribution in [0.15, 0.2) is 16.9 Å². The van der Waals surface area contributed by atoms with Crippen molar-refractivity contribution in [2.75, 3.05) is 13.6 Å². The van der Waals surface area contributed by atoms with Crippen LogP contribution in [0.25, 0.3) is 0 Å². The number of likely N-dealkylation sites (N-methyl/N-ethyl adjacent to an activating group) is 1. The Hall–Kier alpha value is -2.15. The van der Waals surface area contributed by atoms with Crippen LogP contribution in [0.1, 0.15) is 48.6 Å². The number of rotatable bonds is 4. The van der Waals surface area contributed by atoms with Crippen molar-refractivity contribution in [1.82, 2.24) is 25.3 Å². The molecule has 0 radical (unpaired) electrons. The van der Waals surface area contributed by atoms with Gasteiger partial charge in [-0.15, -0.1) is 0 Å². The zero-order chi connectivity index (χ0) is 15.7. The Morgan fingerprint density at radius 1 is 1.55 bits per heavy atom. The fourth-order valence-corrected chi connectivity index (χ4v) is 2.63. The van der Waals surface area contributed by atoms with Crippen molar-refractivity contribution in [3.63, 3.8) is 0 Å². The predicted octanol–water partition coefficient (Wildman–Crippen LogP) is 1.37. The highest BCUT2D eigenvalue weighted by Crippen LogP contribution is 2.22. The number of fused-ring (bicyclic) bond motifs is 1. The smallest absolute Gasteiger partial charge is 0.246 e. The van der Waals surface area contributed by atoms with E-state index in [4.69, 9.17) is 4.52 Å². The number of aromatic amines is 1. The van der Waals surface area contributed by atoms with Gasteiger partial charge in [0.05, 0.1) is 24.3 Å². The Balaban J connectivity index is 1.70. The van der Waals surface area contributed by atoms with E-state index in [1.54, 1.807) is 18.3 Å². The fraction of sp³-hybridized carbons (Fsp3) is 0.533. The van der Waals surface area contributed by atoms with Crippen molar-refractivity contribution < 1.29 is 9.32 Å². The molecular formula is C15H21N5O2. The summed E-state index contributed by atoms with van der Waals surface area (Å²) in [6, 6.07) is 1.51. The molecule has 0 bridgehead atoms. The summed E-state index contributed by atoms with van der Waals surface area (Å²) >= 11 is 0. The topological polar surface area (TPSA) is 87.0 Å². The van der Waals surface area contributed by atoms with Crippen molar-refractivity contribution in [2.24, 2.45) is 0 Å². The summed E-state index contributed by atoms with van der Waals surface area (Å²) < 4.78 is 5.30. The van der Waals surface area contributed by atoms with Gasteiger partial charge >= 0.3 is 0 Å². The highest BCUT2D eigenvalue weighted by Gasteiger charge is 2.30. The minimum atomic E-state index is -0.396. The molecule has 0 aromatic carbocycles. The molecule has 2 aromatic rings. The van der Waals surface area contributed by atoms with Crippen LogP contribution in [0.5, 0.6) is 0 Å². The van der Waals surface area contributed by atoms with E-state index in [2.05, 4.69) is 34.3 Å². The first-order chi connectivity index (χ1) is 10.6. The van der Waals surface area contributed by atoms with Gasteiger partial charge in [-0.3, -0.25) is 4.79 Å². The van der Waals surface area contributed by atoms with Crippen molar-refractivity contribution in [1.29, 1.82) is 0 Å². The SMILES string of the molecule is CC(C)c1cc(CN(C)C(=O)[C@@H]2NCCc3[nH]cnc32)on1. The number of H-pyrrole nitrogens is 1. The Morgan fingerprint density at radius 2 is 2.36 bits per heavy atom. The van der Waals surface area contributed by atoms with Crippen molar-refractivity contribution in [3.8, 4) is 0 Å². The van der Waals surface area contributed by atoms with Crippen LogP contribution >= 0.6 is 0 Å². The molecular weight excluding hydrogens is 282 g/mol. The lowest BCUT2D eigenvalue weighted by Crippen LogP contribution is -2.42. The van der Waals surface area contributed by atoms with Crippen LogP contribution in [0, 0.1) is 0 Å². The average Bonchev–Trinajstić information content (AvgIpc) is 3.14. The van der Waals surface area contributed by atoms with E-state index in [1.807, 2.05) is 6.07 Å². The standard InChI is InChI=1S/C15H21N5O2/c1-9(2)12-6-10(22-19-12)7-20(3)15(21)14-13-11(4-5-16-14)17-8-18-13/h6,8-9,14,16H,4-5,7H2,1-3H3,(H,17,18)/t14-/m1/s1. The summed E-state index contributed by atoms with van der Waals surface area (Å²) in [7, 11) is 1.77. The lowest BCUT2D eigenvalue weighted by atomic mass is 10.0. The monoisotopic (exact) mass is 303 g/mol.